The lowest BCUT2D eigenvalue weighted by Gasteiger charge is -2.05. The molecule has 0 bridgehead atoms. The summed E-state index contributed by atoms with van der Waals surface area (Å²) in [6, 6.07) is 15.9. The first-order valence-electron chi connectivity index (χ1n) is 6.53. The van der Waals surface area contributed by atoms with Crippen molar-refractivity contribution in [1.82, 2.24) is 20.2 Å². The van der Waals surface area contributed by atoms with E-state index in [1.807, 2.05) is 30.3 Å². The quantitative estimate of drug-likeness (QED) is 0.722. The predicted molar refractivity (Wildman–Crippen MR) is 75.1 cm³/mol. The Kier molecular flexibility index (Phi) is 3.86. The highest BCUT2D eigenvalue weighted by atomic mass is 19.1. The zero-order valence-electron chi connectivity index (χ0n) is 11.2. The largest absolute Gasteiger partial charge is 0.489 e. The molecule has 0 saturated carbocycles. The van der Waals surface area contributed by atoms with E-state index < -0.39 is 0 Å². The Bertz CT molecular complexity index is 714. The molecule has 5 nitrogen and oxygen atoms in total. The Morgan fingerprint density at radius 1 is 1.00 bits per heavy atom. The molecule has 0 aliphatic rings. The van der Waals surface area contributed by atoms with Gasteiger partial charge in [-0.3, -0.25) is 0 Å². The molecule has 0 aliphatic heterocycles. The minimum absolute atomic E-state index is 0.223. The zero-order valence-corrected chi connectivity index (χ0v) is 11.2. The third kappa shape index (κ3) is 3.22. The molecule has 106 valence electrons. The van der Waals surface area contributed by atoms with Crippen molar-refractivity contribution in [1.29, 1.82) is 0 Å². The predicted octanol–water partition coefficient (Wildman–Crippen LogP) is 2.56. The van der Waals surface area contributed by atoms with Crippen molar-refractivity contribution in [3.05, 3.63) is 60.4 Å². The average molecular weight is 284 g/mol. The van der Waals surface area contributed by atoms with Crippen molar-refractivity contribution >= 4 is 0 Å². The monoisotopic (exact) mass is 284 g/mol. The Morgan fingerprint density at radius 2 is 1.76 bits per heavy atom. The number of benzene rings is 2. The molecule has 1 aromatic heterocycles. The van der Waals surface area contributed by atoms with Crippen molar-refractivity contribution < 1.29 is 9.13 Å². The fourth-order valence-electron chi connectivity index (χ4n) is 1.84. The first-order chi connectivity index (χ1) is 10.3. The van der Waals surface area contributed by atoms with E-state index in [4.69, 9.17) is 4.74 Å². The standard InChI is InChI=1S/C15H13FN4O/c16-13-8-4-5-9-14(13)21-11-10-20-18-15(17-19-20)12-6-2-1-3-7-12/h1-9H,10-11H2. The molecular weight excluding hydrogens is 271 g/mol. The van der Waals surface area contributed by atoms with E-state index in [0.717, 1.165) is 5.56 Å². The van der Waals surface area contributed by atoms with E-state index in [1.54, 1.807) is 18.2 Å². The van der Waals surface area contributed by atoms with Gasteiger partial charge in [-0.25, -0.2) is 4.39 Å². The summed E-state index contributed by atoms with van der Waals surface area (Å²) >= 11 is 0. The first-order valence-corrected chi connectivity index (χ1v) is 6.53. The molecule has 0 N–H and O–H groups in total. The van der Waals surface area contributed by atoms with Crippen molar-refractivity contribution in [2.24, 2.45) is 0 Å². The number of nitrogens with zero attached hydrogens (tertiary/aromatic N) is 4. The molecule has 0 unspecified atom stereocenters. The van der Waals surface area contributed by atoms with Crippen LogP contribution in [-0.4, -0.2) is 26.8 Å². The van der Waals surface area contributed by atoms with Crippen molar-refractivity contribution in [2.75, 3.05) is 6.61 Å². The van der Waals surface area contributed by atoms with Crippen LogP contribution in [0.1, 0.15) is 0 Å². The molecular formula is C15H13FN4O. The topological polar surface area (TPSA) is 52.8 Å². The van der Waals surface area contributed by atoms with Gasteiger partial charge in [-0.15, -0.1) is 10.2 Å². The van der Waals surface area contributed by atoms with Gasteiger partial charge in [0.15, 0.2) is 11.6 Å². The molecule has 0 radical (unpaired) electrons. The average Bonchev–Trinajstić information content (AvgIpc) is 2.99. The molecule has 1 heterocycles. The maximum absolute atomic E-state index is 13.4. The fourth-order valence-corrected chi connectivity index (χ4v) is 1.84. The Labute approximate surface area is 121 Å². The van der Waals surface area contributed by atoms with E-state index in [-0.39, 0.29) is 18.2 Å². The summed E-state index contributed by atoms with van der Waals surface area (Å²) in [5, 5.41) is 12.2. The molecule has 6 heteroatoms. The second-order valence-electron chi connectivity index (χ2n) is 4.35. The molecule has 21 heavy (non-hydrogen) atoms. The van der Waals surface area contributed by atoms with Gasteiger partial charge in [-0.2, -0.15) is 4.80 Å². The number of rotatable bonds is 5. The van der Waals surface area contributed by atoms with Gasteiger partial charge in [-0.1, -0.05) is 42.5 Å². The van der Waals surface area contributed by atoms with Gasteiger partial charge in [0.25, 0.3) is 0 Å². The van der Waals surface area contributed by atoms with Crippen molar-refractivity contribution in [2.45, 2.75) is 6.54 Å². The highest BCUT2D eigenvalue weighted by Gasteiger charge is 2.06. The molecule has 0 saturated heterocycles. The van der Waals surface area contributed by atoms with E-state index in [0.29, 0.717) is 12.4 Å². The van der Waals surface area contributed by atoms with Gasteiger partial charge in [0.2, 0.25) is 5.82 Å². The van der Waals surface area contributed by atoms with Crippen LogP contribution in [0.25, 0.3) is 11.4 Å². The highest BCUT2D eigenvalue weighted by Crippen LogP contribution is 2.15. The number of tetrazole rings is 1. The minimum atomic E-state index is -0.381. The summed E-state index contributed by atoms with van der Waals surface area (Å²) in [4.78, 5) is 1.43. The third-order valence-corrected chi connectivity index (χ3v) is 2.87. The van der Waals surface area contributed by atoms with Crippen LogP contribution in [0.3, 0.4) is 0 Å². The van der Waals surface area contributed by atoms with E-state index in [2.05, 4.69) is 15.4 Å². The number of para-hydroxylation sites is 1. The third-order valence-electron chi connectivity index (χ3n) is 2.87. The number of halogens is 1. The summed E-state index contributed by atoms with van der Waals surface area (Å²) in [7, 11) is 0. The normalized spacial score (nSPS) is 10.5. The number of aromatic nitrogens is 4. The summed E-state index contributed by atoms with van der Waals surface area (Å²) < 4.78 is 18.7. The minimum Gasteiger partial charge on any atom is -0.489 e. The smallest absolute Gasteiger partial charge is 0.204 e. The molecule has 0 fully saturated rings. The summed E-state index contributed by atoms with van der Waals surface area (Å²) in [6.07, 6.45) is 0. The van der Waals surface area contributed by atoms with Gasteiger partial charge in [0, 0.05) is 5.56 Å². The number of hydrogen-bond donors (Lipinski definition) is 0. The fraction of sp³-hybridized carbons (Fsp3) is 0.133. The summed E-state index contributed by atoms with van der Waals surface area (Å²) in [5.74, 6) is 0.399. The lowest BCUT2D eigenvalue weighted by atomic mass is 10.2. The second kappa shape index (κ2) is 6.13. The van der Waals surface area contributed by atoms with Gasteiger partial charge >= 0.3 is 0 Å². The Balaban J connectivity index is 1.60. The summed E-state index contributed by atoms with van der Waals surface area (Å²) in [6.45, 7) is 0.666. The van der Waals surface area contributed by atoms with Crippen LogP contribution in [-0.2, 0) is 6.54 Å². The SMILES string of the molecule is Fc1ccccc1OCCn1nnc(-c2ccccc2)n1. The van der Waals surface area contributed by atoms with Crippen LogP contribution in [0.5, 0.6) is 5.75 Å². The lowest BCUT2D eigenvalue weighted by molar-refractivity contribution is 0.268. The molecule has 0 spiro atoms. The number of hydrogen-bond acceptors (Lipinski definition) is 4. The molecule has 3 aromatic rings. The van der Waals surface area contributed by atoms with E-state index >= 15 is 0 Å². The van der Waals surface area contributed by atoms with Crippen molar-refractivity contribution in [3.8, 4) is 17.1 Å². The molecule has 0 amide bonds. The second-order valence-corrected chi connectivity index (χ2v) is 4.35. The molecule has 0 atom stereocenters. The van der Waals surface area contributed by atoms with E-state index in [1.165, 1.54) is 10.9 Å². The first kappa shape index (κ1) is 13.2. The van der Waals surface area contributed by atoms with Crippen LogP contribution in [0, 0.1) is 5.82 Å². The van der Waals surface area contributed by atoms with Gasteiger partial charge in [0.05, 0.1) is 6.54 Å². The maximum Gasteiger partial charge on any atom is 0.204 e. The van der Waals surface area contributed by atoms with Crippen LogP contribution < -0.4 is 4.74 Å². The Hall–Kier alpha value is -2.76. The molecule has 2 aromatic carbocycles. The van der Waals surface area contributed by atoms with Gasteiger partial charge in [0.1, 0.15) is 6.61 Å². The molecule has 3 rings (SSSR count). The Morgan fingerprint density at radius 3 is 2.57 bits per heavy atom. The van der Waals surface area contributed by atoms with Gasteiger partial charge < -0.3 is 4.74 Å². The van der Waals surface area contributed by atoms with E-state index in [9.17, 15) is 4.39 Å². The maximum atomic E-state index is 13.4. The zero-order chi connectivity index (χ0) is 14.5. The van der Waals surface area contributed by atoms with Crippen molar-refractivity contribution in [3.63, 3.8) is 0 Å². The summed E-state index contributed by atoms with van der Waals surface area (Å²) in [5.41, 5.74) is 0.902. The number of ether oxygens (including phenoxy) is 1. The van der Waals surface area contributed by atoms with Gasteiger partial charge in [-0.05, 0) is 17.3 Å². The molecule has 0 aliphatic carbocycles. The van der Waals surface area contributed by atoms with Crippen LogP contribution in [0.2, 0.25) is 0 Å². The van der Waals surface area contributed by atoms with Crippen LogP contribution in [0.15, 0.2) is 54.6 Å². The lowest BCUT2D eigenvalue weighted by Crippen LogP contribution is -2.11. The van der Waals surface area contributed by atoms with Crippen LogP contribution in [0.4, 0.5) is 4.39 Å². The highest BCUT2D eigenvalue weighted by molar-refractivity contribution is 5.52. The van der Waals surface area contributed by atoms with Crippen LogP contribution >= 0.6 is 0 Å².